The summed E-state index contributed by atoms with van der Waals surface area (Å²) >= 11 is 0. The molecule has 35 heavy (non-hydrogen) atoms. The molecule has 8 nitrogen and oxygen atoms in total. The van der Waals surface area contributed by atoms with Gasteiger partial charge in [0.2, 0.25) is 0 Å². The van der Waals surface area contributed by atoms with Crippen LogP contribution < -0.4 is 15.1 Å². The largest absolute Gasteiger partial charge is 0.444 e. The van der Waals surface area contributed by atoms with Crippen LogP contribution in [0.4, 0.5) is 56.1 Å². The third-order valence-corrected chi connectivity index (χ3v) is 4.14. The third-order valence-electron chi connectivity index (χ3n) is 4.14. The van der Waals surface area contributed by atoms with Crippen LogP contribution in [-0.2, 0) is 14.3 Å². The average Bonchev–Trinajstić information content (AvgIpc) is 2.75. The van der Waals surface area contributed by atoms with E-state index >= 15 is 0 Å². The lowest BCUT2D eigenvalue weighted by Gasteiger charge is -2.27. The predicted octanol–water partition coefficient (Wildman–Crippen LogP) is 4.27. The number of carbonyl (C=O) groups is 3. The van der Waals surface area contributed by atoms with Gasteiger partial charge < -0.3 is 14.8 Å². The Morgan fingerprint density at radius 3 is 2.03 bits per heavy atom. The van der Waals surface area contributed by atoms with Crippen LogP contribution in [0.25, 0.3) is 0 Å². The van der Waals surface area contributed by atoms with Crippen LogP contribution in [0.1, 0.15) is 20.8 Å². The van der Waals surface area contributed by atoms with Crippen LogP contribution in [0.15, 0.2) is 12.1 Å². The van der Waals surface area contributed by atoms with Gasteiger partial charge in [-0.3, -0.25) is 14.6 Å². The number of fused-ring (bicyclic) bond motifs is 1. The maximum absolute atomic E-state index is 14.0. The van der Waals surface area contributed by atoms with Crippen LogP contribution in [0.2, 0.25) is 0 Å². The van der Waals surface area contributed by atoms with Gasteiger partial charge in [-0.15, -0.1) is 0 Å². The van der Waals surface area contributed by atoms with Crippen molar-refractivity contribution in [2.45, 2.75) is 44.8 Å². The summed E-state index contributed by atoms with van der Waals surface area (Å²) < 4.78 is 114. The summed E-state index contributed by atoms with van der Waals surface area (Å²) in [6.45, 7) is -1.05. The number of nitrogens with zero attached hydrogens (tertiary/aromatic N) is 2. The van der Waals surface area contributed by atoms with E-state index in [2.05, 4.69) is 4.74 Å². The molecule has 3 amide bonds. The smallest absolute Gasteiger partial charge is 0.422 e. The SMILES string of the molecule is CC(C)(C)OC(=O)NC1CN(C(=O)OCC(F)(F)F)c2cc(F)c(F)cc2N(CC(F)(F)F)C1=O. The van der Waals surface area contributed by atoms with Crippen LogP contribution in [-0.4, -0.2) is 61.8 Å². The number of alkyl halides is 6. The Morgan fingerprint density at radius 2 is 1.54 bits per heavy atom. The number of anilines is 2. The molecule has 1 heterocycles. The number of amides is 3. The summed E-state index contributed by atoms with van der Waals surface area (Å²) in [5, 5.41) is 1.92. The van der Waals surface area contributed by atoms with E-state index in [0.717, 1.165) is 0 Å². The van der Waals surface area contributed by atoms with Crippen molar-refractivity contribution < 1.29 is 59.0 Å². The molecule has 0 radical (unpaired) electrons. The lowest BCUT2D eigenvalue weighted by molar-refractivity contribution is -0.159. The Morgan fingerprint density at radius 1 is 1.00 bits per heavy atom. The fourth-order valence-corrected chi connectivity index (χ4v) is 2.92. The van der Waals surface area contributed by atoms with Crippen molar-refractivity contribution in [1.29, 1.82) is 0 Å². The van der Waals surface area contributed by atoms with Gasteiger partial charge >= 0.3 is 24.5 Å². The summed E-state index contributed by atoms with van der Waals surface area (Å²) in [6, 6.07) is -1.66. The molecule has 0 fully saturated rings. The standard InChI is InChI=1S/C19H19F8N3O5/c1-17(2,3)35-15(32)28-11-6-29(16(33)34-8-19(25,26)27)12-4-9(20)10(21)5-13(12)30(14(11)31)7-18(22,23)24/h4-5,11H,6-8H2,1-3H3,(H,28,32). The number of nitrogens with one attached hydrogen (secondary N) is 1. The van der Waals surface area contributed by atoms with Gasteiger partial charge in [0.05, 0.1) is 17.9 Å². The van der Waals surface area contributed by atoms with Crippen LogP contribution >= 0.6 is 0 Å². The molecule has 1 unspecified atom stereocenters. The molecule has 1 N–H and O–H groups in total. The minimum Gasteiger partial charge on any atom is -0.444 e. The maximum atomic E-state index is 14.0. The minimum atomic E-state index is -5.10. The lowest BCUT2D eigenvalue weighted by atomic mass is 10.2. The second-order valence-corrected chi connectivity index (χ2v) is 8.27. The number of ether oxygens (including phenoxy) is 2. The molecule has 0 aromatic heterocycles. The fraction of sp³-hybridized carbons (Fsp3) is 0.526. The summed E-state index contributed by atoms with van der Waals surface area (Å²) in [4.78, 5) is 37.6. The third kappa shape index (κ3) is 7.85. The average molecular weight is 521 g/mol. The molecule has 0 saturated heterocycles. The fourth-order valence-electron chi connectivity index (χ4n) is 2.92. The molecule has 0 spiro atoms. The molecule has 0 aliphatic carbocycles. The zero-order valence-corrected chi connectivity index (χ0v) is 18.3. The number of halogens is 8. The zero-order chi connectivity index (χ0) is 26.9. The van der Waals surface area contributed by atoms with E-state index in [0.29, 0.717) is 0 Å². The van der Waals surface area contributed by atoms with E-state index in [9.17, 15) is 49.5 Å². The molecule has 1 aliphatic rings. The molecule has 0 saturated carbocycles. The topological polar surface area (TPSA) is 88.2 Å². The molecular weight excluding hydrogens is 502 g/mol. The predicted molar refractivity (Wildman–Crippen MR) is 103 cm³/mol. The molecule has 16 heteroatoms. The first kappa shape index (κ1) is 27.9. The number of rotatable bonds is 3. The van der Waals surface area contributed by atoms with Gasteiger partial charge in [0, 0.05) is 12.1 Å². The monoisotopic (exact) mass is 521 g/mol. The number of hydrogen-bond donors (Lipinski definition) is 1. The van der Waals surface area contributed by atoms with E-state index in [4.69, 9.17) is 4.74 Å². The normalized spacial score (nSPS) is 17.0. The second kappa shape index (κ2) is 9.73. The number of alkyl carbamates (subject to hydrolysis) is 1. The Labute approximate surface area is 192 Å². The van der Waals surface area contributed by atoms with E-state index in [1.807, 2.05) is 5.32 Å². The zero-order valence-electron chi connectivity index (χ0n) is 18.3. The Bertz CT molecular complexity index is 990. The molecule has 1 aromatic rings. The molecule has 1 aromatic carbocycles. The Hall–Kier alpha value is -3.33. The molecular formula is C19H19F8N3O5. The van der Waals surface area contributed by atoms with Crippen molar-refractivity contribution in [2.75, 3.05) is 29.5 Å². The number of carbonyl (C=O) groups excluding carboxylic acids is 3. The summed E-state index contributed by atoms with van der Waals surface area (Å²) in [7, 11) is 0. The summed E-state index contributed by atoms with van der Waals surface area (Å²) in [6.07, 6.45) is -13.3. The van der Waals surface area contributed by atoms with Gasteiger partial charge in [0.25, 0.3) is 5.91 Å². The van der Waals surface area contributed by atoms with E-state index in [-0.39, 0.29) is 21.9 Å². The molecule has 196 valence electrons. The highest BCUT2D eigenvalue weighted by Crippen LogP contribution is 2.37. The van der Waals surface area contributed by atoms with Crippen molar-refractivity contribution >= 4 is 29.5 Å². The molecule has 1 atom stereocenters. The van der Waals surface area contributed by atoms with Crippen molar-refractivity contribution in [3.63, 3.8) is 0 Å². The highest BCUT2D eigenvalue weighted by molar-refractivity contribution is 6.06. The van der Waals surface area contributed by atoms with Crippen molar-refractivity contribution in [1.82, 2.24) is 5.32 Å². The summed E-state index contributed by atoms with van der Waals surface area (Å²) in [5.41, 5.74) is -3.03. The second-order valence-electron chi connectivity index (χ2n) is 8.27. The van der Waals surface area contributed by atoms with Gasteiger partial charge in [0.1, 0.15) is 18.2 Å². The first-order valence-electron chi connectivity index (χ1n) is 9.65. The van der Waals surface area contributed by atoms with Crippen molar-refractivity contribution in [3.8, 4) is 0 Å². The minimum absolute atomic E-state index is 0.0864. The van der Waals surface area contributed by atoms with Gasteiger partial charge in [0.15, 0.2) is 18.2 Å². The van der Waals surface area contributed by atoms with Gasteiger partial charge in [-0.2, -0.15) is 26.3 Å². The van der Waals surface area contributed by atoms with E-state index < -0.39 is 84.8 Å². The van der Waals surface area contributed by atoms with Crippen molar-refractivity contribution in [3.05, 3.63) is 23.8 Å². The van der Waals surface area contributed by atoms with Crippen LogP contribution in [0.3, 0.4) is 0 Å². The summed E-state index contributed by atoms with van der Waals surface area (Å²) in [5.74, 6) is -4.94. The van der Waals surface area contributed by atoms with Crippen LogP contribution in [0.5, 0.6) is 0 Å². The highest BCUT2D eigenvalue weighted by atomic mass is 19.4. The first-order chi connectivity index (χ1) is 15.8. The lowest BCUT2D eigenvalue weighted by Crippen LogP contribution is -2.55. The molecule has 1 aliphatic heterocycles. The first-order valence-corrected chi connectivity index (χ1v) is 9.65. The van der Waals surface area contributed by atoms with Gasteiger partial charge in [-0.05, 0) is 20.8 Å². The highest BCUT2D eigenvalue weighted by Gasteiger charge is 2.44. The van der Waals surface area contributed by atoms with Gasteiger partial charge in [-0.25, -0.2) is 18.4 Å². The molecule has 0 bridgehead atoms. The Kier molecular flexibility index (Phi) is 7.76. The van der Waals surface area contributed by atoms with E-state index in [1.165, 1.54) is 20.8 Å². The number of hydrogen-bond acceptors (Lipinski definition) is 5. The maximum Gasteiger partial charge on any atom is 0.422 e. The van der Waals surface area contributed by atoms with Gasteiger partial charge in [-0.1, -0.05) is 0 Å². The number of benzene rings is 1. The van der Waals surface area contributed by atoms with Crippen molar-refractivity contribution in [2.24, 2.45) is 0 Å². The molecule has 2 rings (SSSR count). The Balaban J connectivity index is 2.60. The quantitative estimate of drug-likeness (QED) is 0.601. The van der Waals surface area contributed by atoms with Crippen LogP contribution in [0, 0.1) is 11.6 Å². The van der Waals surface area contributed by atoms with E-state index in [1.54, 1.807) is 0 Å².